The van der Waals surface area contributed by atoms with Gasteiger partial charge in [0.05, 0.1) is 5.69 Å². The van der Waals surface area contributed by atoms with Gasteiger partial charge >= 0.3 is 0 Å². The van der Waals surface area contributed by atoms with Crippen LogP contribution in [0, 0.1) is 12.3 Å². The van der Waals surface area contributed by atoms with E-state index in [2.05, 4.69) is 37.1 Å². The molecule has 0 aromatic carbocycles. The predicted octanol–water partition coefficient (Wildman–Crippen LogP) is 1.89. The average molecular weight is 222 g/mol. The highest BCUT2D eigenvalue weighted by Gasteiger charge is 2.16. The van der Waals surface area contributed by atoms with Crippen molar-refractivity contribution in [1.29, 1.82) is 0 Å². The molecule has 3 heteroatoms. The summed E-state index contributed by atoms with van der Waals surface area (Å²) in [5.41, 5.74) is 2.45. The second-order valence-corrected chi connectivity index (χ2v) is 5.01. The van der Waals surface area contributed by atoms with Crippen molar-refractivity contribution in [3.05, 3.63) is 29.6 Å². The number of hydrogen-bond donors (Lipinski definition) is 2. The van der Waals surface area contributed by atoms with Gasteiger partial charge in [0.1, 0.15) is 0 Å². The van der Waals surface area contributed by atoms with Gasteiger partial charge in [0, 0.05) is 25.9 Å². The third-order valence-corrected chi connectivity index (χ3v) is 2.80. The van der Waals surface area contributed by atoms with Gasteiger partial charge in [-0.05, 0) is 30.4 Å². The molecule has 3 nitrogen and oxygen atoms in total. The van der Waals surface area contributed by atoms with E-state index in [-0.39, 0.29) is 12.0 Å². The minimum absolute atomic E-state index is 0.136. The molecule has 0 fully saturated rings. The molecular weight excluding hydrogens is 200 g/mol. The standard InChI is InChI=1S/C13H22N2O/c1-11-5-4-7-15-12(11)9-14-10-13(2,3)6-8-16/h4-5,7,14,16H,6,8-10H2,1-3H3. The maximum absolute atomic E-state index is 8.92. The summed E-state index contributed by atoms with van der Waals surface area (Å²) in [6.45, 7) is 8.31. The number of aromatic nitrogens is 1. The van der Waals surface area contributed by atoms with Crippen molar-refractivity contribution >= 4 is 0 Å². The zero-order valence-electron chi connectivity index (χ0n) is 10.5. The van der Waals surface area contributed by atoms with E-state index in [0.717, 1.165) is 25.2 Å². The zero-order chi connectivity index (χ0) is 12.0. The summed E-state index contributed by atoms with van der Waals surface area (Å²) in [5, 5.41) is 12.3. The quantitative estimate of drug-likeness (QED) is 0.772. The first-order valence-corrected chi connectivity index (χ1v) is 5.77. The van der Waals surface area contributed by atoms with Crippen molar-refractivity contribution in [1.82, 2.24) is 10.3 Å². The van der Waals surface area contributed by atoms with Gasteiger partial charge in [-0.15, -0.1) is 0 Å². The Kier molecular flexibility index (Phi) is 4.90. The summed E-state index contributed by atoms with van der Waals surface area (Å²) in [4.78, 5) is 4.33. The topological polar surface area (TPSA) is 45.2 Å². The molecular formula is C13H22N2O. The summed E-state index contributed by atoms with van der Waals surface area (Å²) < 4.78 is 0. The molecule has 0 saturated carbocycles. The molecule has 0 aliphatic rings. The smallest absolute Gasteiger partial charge is 0.0570 e. The molecule has 2 N–H and O–H groups in total. The highest BCUT2D eigenvalue weighted by molar-refractivity contribution is 5.17. The molecule has 0 aliphatic carbocycles. The lowest BCUT2D eigenvalue weighted by molar-refractivity contribution is 0.207. The summed E-state index contributed by atoms with van der Waals surface area (Å²) in [7, 11) is 0. The second-order valence-electron chi connectivity index (χ2n) is 5.01. The second kappa shape index (κ2) is 5.97. The molecule has 0 spiro atoms. The molecule has 0 atom stereocenters. The van der Waals surface area contributed by atoms with Crippen molar-refractivity contribution in [3.8, 4) is 0 Å². The molecule has 16 heavy (non-hydrogen) atoms. The summed E-state index contributed by atoms with van der Waals surface area (Å²) in [6.07, 6.45) is 2.64. The summed E-state index contributed by atoms with van der Waals surface area (Å²) in [5.74, 6) is 0. The number of aliphatic hydroxyl groups excluding tert-OH is 1. The molecule has 0 bridgehead atoms. The lowest BCUT2D eigenvalue weighted by atomic mass is 9.90. The molecule has 1 aromatic heterocycles. The fraction of sp³-hybridized carbons (Fsp3) is 0.615. The van der Waals surface area contributed by atoms with Crippen LogP contribution in [0.5, 0.6) is 0 Å². The number of nitrogens with zero attached hydrogens (tertiary/aromatic N) is 1. The van der Waals surface area contributed by atoms with E-state index < -0.39 is 0 Å². The Morgan fingerprint density at radius 3 is 2.81 bits per heavy atom. The van der Waals surface area contributed by atoms with Crippen LogP contribution >= 0.6 is 0 Å². The van der Waals surface area contributed by atoms with E-state index in [1.807, 2.05) is 12.3 Å². The van der Waals surface area contributed by atoms with Gasteiger partial charge in [-0.2, -0.15) is 0 Å². The first-order valence-electron chi connectivity index (χ1n) is 5.77. The van der Waals surface area contributed by atoms with E-state index in [1.165, 1.54) is 5.56 Å². The van der Waals surface area contributed by atoms with E-state index in [0.29, 0.717) is 0 Å². The van der Waals surface area contributed by atoms with Gasteiger partial charge in [0.25, 0.3) is 0 Å². The molecule has 0 aliphatic heterocycles. The van der Waals surface area contributed by atoms with Crippen LogP contribution in [0.4, 0.5) is 0 Å². The third kappa shape index (κ3) is 4.29. The van der Waals surface area contributed by atoms with Gasteiger partial charge in [-0.1, -0.05) is 19.9 Å². The SMILES string of the molecule is Cc1cccnc1CNCC(C)(C)CCO. The Morgan fingerprint density at radius 1 is 1.44 bits per heavy atom. The normalized spacial score (nSPS) is 11.8. The lowest BCUT2D eigenvalue weighted by Crippen LogP contribution is -2.30. The first kappa shape index (κ1) is 13.1. The predicted molar refractivity (Wildman–Crippen MR) is 66.2 cm³/mol. The third-order valence-electron chi connectivity index (χ3n) is 2.80. The largest absolute Gasteiger partial charge is 0.396 e. The first-order chi connectivity index (χ1) is 7.55. The van der Waals surface area contributed by atoms with E-state index >= 15 is 0 Å². The monoisotopic (exact) mass is 222 g/mol. The molecule has 0 saturated heterocycles. The van der Waals surface area contributed by atoms with Crippen molar-refractivity contribution < 1.29 is 5.11 Å². The highest BCUT2D eigenvalue weighted by atomic mass is 16.3. The minimum Gasteiger partial charge on any atom is -0.396 e. The fourth-order valence-electron chi connectivity index (χ4n) is 1.61. The zero-order valence-corrected chi connectivity index (χ0v) is 10.5. The molecule has 1 aromatic rings. The van der Waals surface area contributed by atoms with Gasteiger partial charge in [-0.25, -0.2) is 0 Å². The van der Waals surface area contributed by atoms with Crippen LogP contribution in [-0.2, 0) is 6.54 Å². The van der Waals surface area contributed by atoms with Gasteiger partial charge in [0.2, 0.25) is 0 Å². The Hall–Kier alpha value is -0.930. The molecule has 0 unspecified atom stereocenters. The Labute approximate surface area is 97.9 Å². The van der Waals surface area contributed by atoms with Crippen LogP contribution in [0.1, 0.15) is 31.5 Å². The van der Waals surface area contributed by atoms with Crippen molar-refractivity contribution in [2.75, 3.05) is 13.2 Å². The van der Waals surface area contributed by atoms with Crippen molar-refractivity contribution in [2.45, 2.75) is 33.7 Å². The number of rotatable bonds is 6. The number of pyridine rings is 1. The molecule has 0 radical (unpaired) electrons. The number of nitrogens with one attached hydrogen (secondary N) is 1. The van der Waals surface area contributed by atoms with Gasteiger partial charge in [-0.3, -0.25) is 4.98 Å². The van der Waals surface area contributed by atoms with E-state index in [9.17, 15) is 0 Å². The van der Waals surface area contributed by atoms with Crippen LogP contribution in [0.25, 0.3) is 0 Å². The number of aliphatic hydroxyl groups is 1. The average Bonchev–Trinajstić information content (AvgIpc) is 2.20. The van der Waals surface area contributed by atoms with E-state index in [1.54, 1.807) is 0 Å². The number of hydrogen-bond acceptors (Lipinski definition) is 3. The van der Waals surface area contributed by atoms with Crippen molar-refractivity contribution in [2.24, 2.45) is 5.41 Å². The van der Waals surface area contributed by atoms with Crippen LogP contribution in [-0.4, -0.2) is 23.2 Å². The minimum atomic E-state index is 0.136. The Bertz CT molecular complexity index is 323. The molecule has 0 amide bonds. The van der Waals surface area contributed by atoms with E-state index in [4.69, 9.17) is 5.11 Å². The highest BCUT2D eigenvalue weighted by Crippen LogP contribution is 2.18. The van der Waals surface area contributed by atoms with Crippen LogP contribution in [0.3, 0.4) is 0 Å². The summed E-state index contributed by atoms with van der Waals surface area (Å²) >= 11 is 0. The lowest BCUT2D eigenvalue weighted by Gasteiger charge is -2.24. The molecule has 1 heterocycles. The fourth-order valence-corrected chi connectivity index (χ4v) is 1.61. The maximum atomic E-state index is 8.92. The van der Waals surface area contributed by atoms with Crippen LogP contribution < -0.4 is 5.32 Å². The van der Waals surface area contributed by atoms with Crippen molar-refractivity contribution in [3.63, 3.8) is 0 Å². The van der Waals surface area contributed by atoms with Crippen LogP contribution in [0.2, 0.25) is 0 Å². The van der Waals surface area contributed by atoms with Gasteiger partial charge in [0.15, 0.2) is 0 Å². The Balaban J connectivity index is 2.39. The Morgan fingerprint density at radius 2 is 2.19 bits per heavy atom. The molecule has 90 valence electrons. The maximum Gasteiger partial charge on any atom is 0.0570 e. The summed E-state index contributed by atoms with van der Waals surface area (Å²) in [6, 6.07) is 4.03. The van der Waals surface area contributed by atoms with Gasteiger partial charge < -0.3 is 10.4 Å². The molecule has 1 rings (SSSR count). The number of aryl methyl sites for hydroxylation is 1. The van der Waals surface area contributed by atoms with Crippen LogP contribution in [0.15, 0.2) is 18.3 Å².